The summed E-state index contributed by atoms with van der Waals surface area (Å²) < 4.78 is 53.5. The minimum atomic E-state index is -4.09. The first-order valence-electron chi connectivity index (χ1n) is 5.66. The van der Waals surface area contributed by atoms with Crippen molar-refractivity contribution >= 4 is 43.0 Å². The molecule has 0 bridgehead atoms. The second kappa shape index (κ2) is 5.99. The van der Waals surface area contributed by atoms with Crippen LogP contribution >= 0.6 is 27.3 Å². The van der Waals surface area contributed by atoms with Gasteiger partial charge in [0.05, 0.1) is 0 Å². The summed E-state index contributed by atoms with van der Waals surface area (Å²) in [4.78, 5) is 0.142. The number of halogens is 3. The van der Waals surface area contributed by atoms with Crippen molar-refractivity contribution in [3.63, 3.8) is 0 Å². The number of hydrogen-bond acceptors (Lipinski definition) is 4. The van der Waals surface area contributed by atoms with E-state index in [9.17, 15) is 17.2 Å². The van der Waals surface area contributed by atoms with Gasteiger partial charge in [0, 0.05) is 28.3 Å². The topological polar surface area (TPSA) is 63.4 Å². The number of nitrogens with zero attached hydrogens (tertiary/aromatic N) is 1. The highest BCUT2D eigenvalue weighted by Crippen LogP contribution is 2.27. The number of thiophene rings is 1. The number of sulfonamides is 1. The van der Waals surface area contributed by atoms with Gasteiger partial charge in [-0.3, -0.25) is 0 Å². The molecule has 9 heteroatoms. The van der Waals surface area contributed by atoms with E-state index in [1.165, 1.54) is 18.4 Å². The molecule has 0 fully saturated rings. The Labute approximate surface area is 133 Å². The third-order valence-corrected chi connectivity index (χ3v) is 6.28. The van der Waals surface area contributed by atoms with E-state index in [0.717, 1.165) is 25.8 Å². The van der Waals surface area contributed by atoms with E-state index in [0.29, 0.717) is 0 Å². The Morgan fingerprint density at radius 1 is 1.38 bits per heavy atom. The van der Waals surface area contributed by atoms with Gasteiger partial charge < -0.3 is 5.73 Å². The zero-order valence-corrected chi connectivity index (χ0v) is 14.0. The summed E-state index contributed by atoms with van der Waals surface area (Å²) in [5.41, 5.74) is 4.40. The quantitative estimate of drug-likeness (QED) is 0.807. The average Bonchev–Trinajstić information content (AvgIpc) is 2.81. The van der Waals surface area contributed by atoms with Gasteiger partial charge >= 0.3 is 0 Å². The number of nitrogen functional groups attached to an aromatic ring is 1. The molecule has 0 saturated heterocycles. The second-order valence-electron chi connectivity index (χ2n) is 4.27. The maximum Gasteiger partial charge on any atom is 0.246 e. The van der Waals surface area contributed by atoms with Crippen LogP contribution in [0.1, 0.15) is 4.88 Å². The molecule has 0 aliphatic carbocycles. The van der Waals surface area contributed by atoms with Gasteiger partial charge in [-0.05, 0) is 34.1 Å². The molecule has 1 aromatic heterocycles. The summed E-state index contributed by atoms with van der Waals surface area (Å²) in [6.45, 7) is 0.0787. The minimum absolute atomic E-state index is 0.0787. The van der Waals surface area contributed by atoms with Gasteiger partial charge in [0.1, 0.15) is 16.4 Å². The summed E-state index contributed by atoms with van der Waals surface area (Å²) >= 11 is 4.64. The molecule has 0 aliphatic rings. The van der Waals surface area contributed by atoms with Crippen LogP contribution in [0.15, 0.2) is 32.9 Å². The lowest BCUT2D eigenvalue weighted by Crippen LogP contribution is -2.27. The lowest BCUT2D eigenvalue weighted by Gasteiger charge is -2.17. The Morgan fingerprint density at radius 3 is 2.62 bits per heavy atom. The van der Waals surface area contributed by atoms with Crippen molar-refractivity contribution in [3.8, 4) is 0 Å². The first-order chi connectivity index (χ1) is 9.73. The maximum absolute atomic E-state index is 13.9. The van der Waals surface area contributed by atoms with E-state index in [-0.39, 0.29) is 6.54 Å². The molecule has 0 saturated carbocycles. The number of nitrogens with two attached hydrogens (primary N) is 1. The van der Waals surface area contributed by atoms with E-state index >= 15 is 0 Å². The normalized spacial score (nSPS) is 12.0. The van der Waals surface area contributed by atoms with E-state index in [4.69, 9.17) is 5.73 Å². The molecular formula is C12H11BrF2N2O2S2. The number of benzene rings is 1. The van der Waals surface area contributed by atoms with Gasteiger partial charge in [-0.15, -0.1) is 11.3 Å². The van der Waals surface area contributed by atoms with Crippen LogP contribution < -0.4 is 5.73 Å². The third-order valence-electron chi connectivity index (χ3n) is 2.78. The molecule has 0 spiro atoms. The van der Waals surface area contributed by atoms with Gasteiger partial charge in [-0.1, -0.05) is 0 Å². The van der Waals surface area contributed by atoms with E-state index in [1.54, 1.807) is 6.07 Å². The zero-order valence-electron chi connectivity index (χ0n) is 10.8. The highest BCUT2D eigenvalue weighted by Gasteiger charge is 2.27. The van der Waals surface area contributed by atoms with Crippen molar-refractivity contribution in [3.05, 3.63) is 44.6 Å². The van der Waals surface area contributed by atoms with Crippen molar-refractivity contribution in [2.24, 2.45) is 0 Å². The molecule has 2 N–H and O–H groups in total. The first-order valence-corrected chi connectivity index (χ1v) is 8.77. The summed E-state index contributed by atoms with van der Waals surface area (Å²) in [7, 11) is -2.77. The van der Waals surface area contributed by atoms with Crippen LogP contribution in [0.2, 0.25) is 0 Å². The Bertz CT molecular complexity index is 778. The molecule has 2 aromatic rings. The predicted octanol–water partition coefficient (Wildman–Crippen LogP) is 3.19. The van der Waals surface area contributed by atoms with Gasteiger partial charge in [-0.25, -0.2) is 17.2 Å². The average molecular weight is 397 g/mol. The highest BCUT2D eigenvalue weighted by atomic mass is 79.9. The van der Waals surface area contributed by atoms with E-state index < -0.39 is 32.2 Å². The molecule has 21 heavy (non-hydrogen) atoms. The van der Waals surface area contributed by atoms with Gasteiger partial charge in [0.2, 0.25) is 10.0 Å². The lowest BCUT2D eigenvalue weighted by molar-refractivity contribution is 0.462. The summed E-state index contributed by atoms with van der Waals surface area (Å²) in [5.74, 6) is -2.26. The van der Waals surface area contributed by atoms with Crippen LogP contribution in [0, 0.1) is 11.6 Å². The van der Waals surface area contributed by atoms with Crippen molar-refractivity contribution in [2.45, 2.75) is 11.4 Å². The Hall–Kier alpha value is -1.03. The zero-order chi connectivity index (χ0) is 15.8. The summed E-state index contributed by atoms with van der Waals surface area (Å²) in [5, 5.41) is 1.81. The third kappa shape index (κ3) is 3.25. The van der Waals surface area contributed by atoms with Gasteiger partial charge in [0.15, 0.2) is 5.82 Å². The Morgan fingerprint density at radius 2 is 2.05 bits per heavy atom. The molecule has 114 valence electrons. The first kappa shape index (κ1) is 16.3. The van der Waals surface area contributed by atoms with Crippen LogP contribution in [0.5, 0.6) is 0 Å². The van der Waals surface area contributed by atoms with E-state index in [2.05, 4.69) is 15.9 Å². The molecule has 0 radical (unpaired) electrons. The number of anilines is 1. The van der Waals surface area contributed by atoms with Crippen LogP contribution in [-0.4, -0.2) is 19.8 Å². The van der Waals surface area contributed by atoms with Crippen molar-refractivity contribution in [2.75, 3.05) is 12.8 Å². The molecule has 1 heterocycles. The SMILES string of the molecule is CN(Cc1cc(Br)cs1)S(=O)(=O)c1ccc(F)c(N)c1F. The molecule has 0 atom stereocenters. The van der Waals surface area contributed by atoms with Gasteiger partial charge in [-0.2, -0.15) is 4.31 Å². The largest absolute Gasteiger partial charge is 0.394 e. The monoisotopic (exact) mass is 396 g/mol. The molecule has 2 rings (SSSR count). The molecule has 0 unspecified atom stereocenters. The van der Waals surface area contributed by atoms with Crippen molar-refractivity contribution in [1.82, 2.24) is 4.31 Å². The second-order valence-corrected chi connectivity index (χ2v) is 8.19. The van der Waals surface area contributed by atoms with Crippen molar-refractivity contribution in [1.29, 1.82) is 0 Å². The number of hydrogen-bond donors (Lipinski definition) is 1. The van der Waals surface area contributed by atoms with Crippen LogP contribution in [0.4, 0.5) is 14.5 Å². The Kier molecular flexibility index (Phi) is 4.66. The van der Waals surface area contributed by atoms with E-state index in [1.807, 2.05) is 5.38 Å². The van der Waals surface area contributed by atoms with Crippen LogP contribution in [0.3, 0.4) is 0 Å². The van der Waals surface area contributed by atoms with Gasteiger partial charge in [0.25, 0.3) is 0 Å². The smallest absolute Gasteiger partial charge is 0.246 e. The molecular weight excluding hydrogens is 386 g/mol. The maximum atomic E-state index is 13.9. The van der Waals surface area contributed by atoms with Crippen LogP contribution in [-0.2, 0) is 16.6 Å². The standard InChI is InChI=1S/C12H11BrF2N2O2S2/c1-17(5-8-4-7(13)6-20-8)21(18,19)10-3-2-9(14)12(16)11(10)15/h2-4,6H,5,16H2,1H3. The fourth-order valence-corrected chi connectivity index (χ4v) is 4.46. The lowest BCUT2D eigenvalue weighted by atomic mass is 10.3. The minimum Gasteiger partial charge on any atom is -0.394 e. The summed E-state index contributed by atoms with van der Waals surface area (Å²) in [6, 6.07) is 3.48. The molecule has 4 nitrogen and oxygen atoms in total. The molecule has 1 aromatic carbocycles. The number of rotatable bonds is 4. The fraction of sp³-hybridized carbons (Fsp3) is 0.167. The molecule has 0 aliphatic heterocycles. The Balaban J connectivity index is 2.35. The van der Waals surface area contributed by atoms with Crippen LogP contribution in [0.25, 0.3) is 0 Å². The predicted molar refractivity (Wildman–Crippen MR) is 81.4 cm³/mol. The van der Waals surface area contributed by atoms with Crippen molar-refractivity contribution < 1.29 is 17.2 Å². The fourth-order valence-electron chi connectivity index (χ4n) is 1.66. The highest BCUT2D eigenvalue weighted by molar-refractivity contribution is 9.10. The molecule has 0 amide bonds. The summed E-state index contributed by atoms with van der Waals surface area (Å²) in [6.07, 6.45) is 0.